The maximum atomic E-state index is 15.3. The van der Waals surface area contributed by atoms with E-state index in [1.54, 1.807) is 22.2 Å². The van der Waals surface area contributed by atoms with Crippen molar-refractivity contribution in [3.05, 3.63) is 119 Å². The van der Waals surface area contributed by atoms with Gasteiger partial charge in [-0.2, -0.15) is 5.10 Å². The van der Waals surface area contributed by atoms with E-state index >= 15 is 4.39 Å². The van der Waals surface area contributed by atoms with Gasteiger partial charge >= 0.3 is 0 Å². The zero-order valence-electron chi connectivity index (χ0n) is 44.3. The number of nitrogens with one attached hydrogen (secondary N) is 4. The highest BCUT2D eigenvalue weighted by Crippen LogP contribution is 2.36. The molecule has 5 amide bonds. The van der Waals surface area contributed by atoms with Crippen LogP contribution in [0.15, 0.2) is 85.2 Å². The Morgan fingerprint density at radius 1 is 0.897 bits per heavy atom. The SMILES string of the molecule is C[C@@H](NC(=O)c1cccc(NC2(c3nc(-c4ccncc4)n[nH]3)CCN(C)CC2)c1)c1ccc(OCCCCCOCCCOCC(=O)N2CCN(c3cc(C(=O)N(C)C4CCC(=O)NC4=O)c(C=O)cc3F)CC2)cc1.Cl. The Balaban J connectivity index is 0.00000882. The average molecular weight is 1090 g/mol. The molecule has 4 N–H and O–H groups in total. The number of piperidine rings is 2. The van der Waals surface area contributed by atoms with Gasteiger partial charge in [0.05, 0.1) is 29.4 Å². The fraction of sp³-hybridized carbons (Fsp3) is 0.446. The summed E-state index contributed by atoms with van der Waals surface area (Å²) in [6, 6.07) is 20.3. The minimum Gasteiger partial charge on any atom is -0.494 e. The van der Waals surface area contributed by atoms with Gasteiger partial charge in [0.1, 0.15) is 24.2 Å². The molecule has 5 heterocycles. The Hall–Kier alpha value is -7.33. The van der Waals surface area contributed by atoms with Crippen LogP contribution in [0.2, 0.25) is 0 Å². The monoisotopic (exact) mass is 1090 g/mol. The van der Waals surface area contributed by atoms with E-state index in [0.29, 0.717) is 63.6 Å². The van der Waals surface area contributed by atoms with E-state index in [9.17, 15) is 28.8 Å². The van der Waals surface area contributed by atoms with E-state index in [1.807, 2.05) is 67.6 Å². The second-order valence-electron chi connectivity index (χ2n) is 19.8. The zero-order chi connectivity index (χ0) is 54.3. The van der Waals surface area contributed by atoms with Crippen molar-refractivity contribution in [1.82, 2.24) is 45.5 Å². The number of aldehydes is 1. The Bertz CT molecular complexity index is 2840. The fourth-order valence-corrected chi connectivity index (χ4v) is 9.73. The minimum absolute atomic E-state index is 0. The summed E-state index contributed by atoms with van der Waals surface area (Å²) >= 11 is 0. The van der Waals surface area contributed by atoms with Crippen molar-refractivity contribution >= 4 is 59.6 Å². The number of H-pyrrole nitrogens is 1. The number of halogens is 2. The number of carbonyl (C=O) groups excluding carboxylic acids is 6. The predicted molar refractivity (Wildman–Crippen MR) is 292 cm³/mol. The summed E-state index contributed by atoms with van der Waals surface area (Å²) in [5.41, 5.74) is 2.61. The predicted octanol–water partition coefficient (Wildman–Crippen LogP) is 5.96. The van der Waals surface area contributed by atoms with Crippen LogP contribution < -0.4 is 25.6 Å². The fourth-order valence-electron chi connectivity index (χ4n) is 9.73. The molecule has 3 fully saturated rings. The molecule has 2 aromatic heterocycles. The number of pyridine rings is 1. The number of carbonyl (C=O) groups is 6. The first-order valence-electron chi connectivity index (χ1n) is 26.3. The molecule has 22 heteroatoms. The number of piperazine rings is 1. The first-order chi connectivity index (χ1) is 37.3. The Morgan fingerprint density at radius 3 is 2.35 bits per heavy atom. The van der Waals surface area contributed by atoms with Gasteiger partial charge in [0.2, 0.25) is 17.7 Å². The number of likely N-dealkylation sites (N-methyl/N-ethyl adjacent to an activating group) is 1. The third kappa shape index (κ3) is 15.0. The molecule has 3 aliphatic rings. The highest BCUT2D eigenvalue weighted by Gasteiger charge is 2.39. The van der Waals surface area contributed by atoms with Gasteiger partial charge in [0, 0.05) is 107 Å². The number of anilines is 2. The number of ether oxygens (including phenoxy) is 3. The summed E-state index contributed by atoms with van der Waals surface area (Å²) in [5.74, 6) is -0.607. The van der Waals surface area contributed by atoms with E-state index in [0.717, 1.165) is 84.5 Å². The van der Waals surface area contributed by atoms with Crippen molar-refractivity contribution in [2.75, 3.05) is 96.6 Å². The Morgan fingerprint density at radius 2 is 1.62 bits per heavy atom. The van der Waals surface area contributed by atoms with Crippen molar-refractivity contribution in [2.24, 2.45) is 0 Å². The molecule has 0 spiro atoms. The number of nitrogens with zero attached hydrogens (tertiary/aromatic N) is 7. The number of imide groups is 1. The van der Waals surface area contributed by atoms with E-state index < -0.39 is 35.1 Å². The number of hydrogen-bond donors (Lipinski definition) is 4. The zero-order valence-corrected chi connectivity index (χ0v) is 45.2. The molecule has 3 saturated heterocycles. The molecule has 20 nitrogen and oxygen atoms in total. The van der Waals surface area contributed by atoms with Gasteiger partial charge in [-0.25, -0.2) is 9.37 Å². The maximum Gasteiger partial charge on any atom is 0.255 e. The van der Waals surface area contributed by atoms with Crippen LogP contribution in [-0.4, -0.2) is 163 Å². The number of rotatable bonds is 24. The van der Waals surface area contributed by atoms with Crippen molar-refractivity contribution in [1.29, 1.82) is 0 Å². The second kappa shape index (κ2) is 27.8. The normalized spacial score (nSPS) is 16.8. The first-order valence-corrected chi connectivity index (χ1v) is 26.3. The maximum absolute atomic E-state index is 15.3. The highest BCUT2D eigenvalue weighted by atomic mass is 35.5. The van der Waals surface area contributed by atoms with Gasteiger partial charge in [-0.05, 0) is 119 Å². The van der Waals surface area contributed by atoms with Gasteiger partial charge in [0.25, 0.3) is 11.8 Å². The number of unbranched alkanes of at least 4 members (excludes halogenated alkanes) is 2. The molecule has 2 atom stereocenters. The molecule has 0 radical (unpaired) electrons. The Kier molecular flexibility index (Phi) is 20.8. The molecule has 3 aromatic carbocycles. The lowest BCUT2D eigenvalue weighted by Gasteiger charge is -2.40. The third-order valence-corrected chi connectivity index (χ3v) is 14.4. The van der Waals surface area contributed by atoms with Crippen LogP contribution in [0.1, 0.15) is 107 Å². The summed E-state index contributed by atoms with van der Waals surface area (Å²) in [6.07, 6.45) is 8.95. The lowest BCUT2D eigenvalue weighted by atomic mass is 9.86. The van der Waals surface area contributed by atoms with Crippen LogP contribution in [0.3, 0.4) is 0 Å². The number of aromatic amines is 1. The van der Waals surface area contributed by atoms with Crippen LogP contribution in [0, 0.1) is 5.82 Å². The molecule has 0 bridgehead atoms. The van der Waals surface area contributed by atoms with Gasteiger partial charge in [-0.3, -0.25) is 44.2 Å². The third-order valence-electron chi connectivity index (χ3n) is 14.4. The molecule has 0 saturated carbocycles. The van der Waals surface area contributed by atoms with Gasteiger partial charge in [-0.1, -0.05) is 18.2 Å². The molecule has 1 unspecified atom stereocenters. The summed E-state index contributed by atoms with van der Waals surface area (Å²) < 4.78 is 32.7. The molecule has 0 aliphatic carbocycles. The number of hydrogen-bond acceptors (Lipinski definition) is 15. The molecule has 3 aliphatic heterocycles. The van der Waals surface area contributed by atoms with E-state index in [4.69, 9.17) is 19.2 Å². The highest BCUT2D eigenvalue weighted by molar-refractivity contribution is 6.06. The number of amides is 5. The molecule has 416 valence electrons. The average Bonchev–Trinajstić information content (AvgIpc) is 4.01. The van der Waals surface area contributed by atoms with Crippen LogP contribution in [0.25, 0.3) is 11.4 Å². The summed E-state index contributed by atoms with van der Waals surface area (Å²) in [6.45, 7) is 6.81. The van der Waals surface area contributed by atoms with Crippen molar-refractivity contribution in [3.8, 4) is 17.1 Å². The standard InChI is InChI=1S/C56H68FN11O9.ClH/c1-38(59-52(72)41-9-7-10-43(33-41)62-56(19-23-65(2)24-20-56)55-61-51(63-64-55)40-17-21-58-22-18-40)39-11-13-44(14-12-39)77-32-6-4-5-29-75-30-8-31-76-37-50(71)68-27-25-67(26-28-68)48-35-45(42(36-69)34-46(48)57)54(74)66(3)47-15-16-49(70)60-53(47)73;/h7,9-14,17-18,21-22,33-36,38,47,62H,4-6,8,15-16,19-20,23-32,37H2,1-3H3,(H,59,72)(H,60,70,73)(H,61,63,64);1H/t38-,47?;/m1./s1. The number of likely N-dealkylation sites (tertiary alicyclic amines) is 1. The smallest absolute Gasteiger partial charge is 0.255 e. The van der Waals surface area contributed by atoms with Gasteiger partial charge in [0.15, 0.2) is 17.9 Å². The van der Waals surface area contributed by atoms with Gasteiger partial charge in [-0.15, -0.1) is 12.4 Å². The lowest BCUT2D eigenvalue weighted by Crippen LogP contribution is -2.53. The number of benzene rings is 3. The van der Waals surface area contributed by atoms with Crippen molar-refractivity contribution in [2.45, 2.75) is 75.9 Å². The molecule has 78 heavy (non-hydrogen) atoms. The van der Waals surface area contributed by atoms with Crippen LogP contribution in [0.4, 0.5) is 15.8 Å². The summed E-state index contributed by atoms with van der Waals surface area (Å²) in [4.78, 5) is 91.6. The minimum atomic E-state index is -0.910. The largest absolute Gasteiger partial charge is 0.494 e. The molecule has 8 rings (SSSR count). The summed E-state index contributed by atoms with van der Waals surface area (Å²) in [7, 11) is 3.52. The molecular weight excluding hydrogens is 1030 g/mol. The van der Waals surface area contributed by atoms with E-state index in [2.05, 4.69) is 43.1 Å². The van der Waals surface area contributed by atoms with E-state index in [1.165, 1.54) is 13.1 Å². The lowest BCUT2D eigenvalue weighted by molar-refractivity contribution is -0.137. The molecular formula is C56H69ClFN11O9. The second-order valence-corrected chi connectivity index (χ2v) is 19.8. The Labute approximate surface area is 459 Å². The topological polar surface area (TPSA) is 234 Å². The summed E-state index contributed by atoms with van der Waals surface area (Å²) in [5, 5.41) is 16.8. The van der Waals surface area contributed by atoms with Crippen LogP contribution in [0.5, 0.6) is 5.75 Å². The van der Waals surface area contributed by atoms with Crippen LogP contribution in [-0.2, 0) is 29.4 Å². The van der Waals surface area contributed by atoms with Crippen molar-refractivity contribution in [3.63, 3.8) is 0 Å². The quantitative estimate of drug-likeness (QED) is 0.0317. The first kappa shape index (κ1) is 58.4. The van der Waals surface area contributed by atoms with Crippen molar-refractivity contribution < 1.29 is 47.4 Å². The van der Waals surface area contributed by atoms with E-state index in [-0.39, 0.29) is 79.6 Å². The number of aromatic nitrogens is 4. The van der Waals surface area contributed by atoms with Gasteiger partial charge < -0.3 is 44.4 Å². The molecule has 5 aromatic rings. The van der Waals surface area contributed by atoms with Crippen LogP contribution >= 0.6 is 12.4 Å².